The molecular weight excluding hydrogens is 354 g/mol. The zero-order valence-electron chi connectivity index (χ0n) is 15.9. The van der Waals surface area contributed by atoms with Crippen LogP contribution in [0.25, 0.3) is 11.2 Å². The van der Waals surface area contributed by atoms with Gasteiger partial charge < -0.3 is 19.9 Å². The number of carbonyl (C=O) groups is 2. The van der Waals surface area contributed by atoms with Gasteiger partial charge in [-0.1, -0.05) is 27.7 Å². The first-order valence-corrected chi connectivity index (χ1v) is 8.73. The van der Waals surface area contributed by atoms with Crippen molar-refractivity contribution in [2.75, 3.05) is 18.9 Å². The third-order valence-electron chi connectivity index (χ3n) is 3.57. The van der Waals surface area contributed by atoms with Gasteiger partial charge in [0.05, 0.1) is 25.0 Å². The predicted octanol–water partition coefficient (Wildman–Crippen LogP) is 1.67. The molecule has 148 valence electrons. The summed E-state index contributed by atoms with van der Waals surface area (Å²) in [6.07, 6.45) is 2.09. The molecule has 2 rings (SSSR count). The number of anilines is 1. The van der Waals surface area contributed by atoms with Gasteiger partial charge >= 0.3 is 11.9 Å². The molecule has 0 aliphatic heterocycles. The summed E-state index contributed by atoms with van der Waals surface area (Å²) in [6.45, 7) is 7.37. The second-order valence-corrected chi connectivity index (χ2v) is 6.53. The van der Waals surface area contributed by atoms with Crippen LogP contribution in [0.5, 0.6) is 0 Å². The number of imidazole rings is 1. The van der Waals surface area contributed by atoms with Crippen LogP contribution < -0.4 is 5.73 Å². The highest BCUT2D eigenvalue weighted by atomic mass is 16.7. The number of ether oxygens (including phenoxy) is 3. The molecule has 0 aromatic carbocycles. The summed E-state index contributed by atoms with van der Waals surface area (Å²) in [7, 11) is 0. The Kier molecular flexibility index (Phi) is 7.05. The first kappa shape index (κ1) is 20.6. The highest BCUT2D eigenvalue weighted by Gasteiger charge is 2.22. The fourth-order valence-electron chi connectivity index (χ4n) is 2.01. The molecule has 0 saturated carbocycles. The maximum Gasteiger partial charge on any atom is 0.312 e. The molecule has 0 fully saturated rings. The van der Waals surface area contributed by atoms with Crippen molar-refractivity contribution in [2.45, 2.75) is 40.5 Å². The molecule has 0 saturated heterocycles. The van der Waals surface area contributed by atoms with Gasteiger partial charge in [-0.3, -0.25) is 14.2 Å². The Hall–Kier alpha value is -2.75. The fraction of sp³-hybridized carbons (Fsp3) is 0.588. The van der Waals surface area contributed by atoms with E-state index in [4.69, 9.17) is 19.9 Å². The Labute approximate surface area is 157 Å². The van der Waals surface area contributed by atoms with Crippen LogP contribution in [0.4, 0.5) is 5.82 Å². The number of nitrogen functional groups attached to an aromatic ring is 1. The Morgan fingerprint density at radius 3 is 2.44 bits per heavy atom. The molecular formula is C17H25N5O5. The lowest BCUT2D eigenvalue weighted by Crippen LogP contribution is -2.23. The van der Waals surface area contributed by atoms with E-state index in [0.717, 1.165) is 0 Å². The van der Waals surface area contributed by atoms with E-state index in [1.807, 2.05) is 0 Å². The smallest absolute Gasteiger partial charge is 0.312 e. The van der Waals surface area contributed by atoms with E-state index < -0.39 is 12.4 Å². The summed E-state index contributed by atoms with van der Waals surface area (Å²) in [6, 6.07) is 0. The second-order valence-electron chi connectivity index (χ2n) is 6.53. The third kappa shape index (κ3) is 5.36. The summed E-state index contributed by atoms with van der Waals surface area (Å²) in [5.41, 5.74) is 6.56. The largest absolute Gasteiger partial charge is 0.465 e. The van der Waals surface area contributed by atoms with Crippen LogP contribution >= 0.6 is 0 Å². The highest BCUT2D eigenvalue weighted by Crippen LogP contribution is 2.21. The van der Waals surface area contributed by atoms with Gasteiger partial charge in [0.15, 0.2) is 11.5 Å². The minimum absolute atomic E-state index is 0.187. The molecule has 10 nitrogen and oxygen atoms in total. The molecule has 0 radical (unpaired) electrons. The van der Waals surface area contributed by atoms with Crippen LogP contribution in [-0.2, 0) is 23.8 Å². The molecule has 1 unspecified atom stereocenters. The molecule has 0 amide bonds. The van der Waals surface area contributed by atoms with Crippen molar-refractivity contribution in [1.29, 1.82) is 0 Å². The van der Waals surface area contributed by atoms with Crippen LogP contribution in [0.1, 0.15) is 40.5 Å². The number of nitrogens with two attached hydrogens (primary N) is 1. The average Bonchev–Trinajstić information content (AvgIpc) is 3.05. The van der Waals surface area contributed by atoms with E-state index in [1.54, 1.807) is 27.7 Å². The molecule has 2 aromatic rings. The number of esters is 2. The number of hydrogen-bond donors (Lipinski definition) is 1. The number of nitrogens with zero attached hydrogens (tertiary/aromatic N) is 4. The van der Waals surface area contributed by atoms with E-state index in [2.05, 4.69) is 15.0 Å². The summed E-state index contributed by atoms with van der Waals surface area (Å²) in [5.74, 6) is -1.01. The first-order valence-electron chi connectivity index (χ1n) is 8.73. The van der Waals surface area contributed by atoms with E-state index in [1.165, 1.54) is 17.2 Å². The monoisotopic (exact) mass is 379 g/mol. The number of rotatable bonds is 9. The van der Waals surface area contributed by atoms with Crippen LogP contribution in [0, 0.1) is 11.8 Å². The number of hydrogen-bond acceptors (Lipinski definition) is 9. The fourth-order valence-corrected chi connectivity index (χ4v) is 2.01. The molecule has 2 N–H and O–H groups in total. The van der Waals surface area contributed by atoms with Gasteiger partial charge in [-0.05, 0) is 0 Å². The molecule has 10 heteroatoms. The van der Waals surface area contributed by atoms with Crippen molar-refractivity contribution in [1.82, 2.24) is 19.5 Å². The van der Waals surface area contributed by atoms with Gasteiger partial charge in [-0.2, -0.15) is 0 Å². The molecule has 1 atom stereocenters. The lowest BCUT2D eigenvalue weighted by Gasteiger charge is -2.20. The normalized spacial score (nSPS) is 12.5. The second kappa shape index (κ2) is 9.26. The number of aromatic nitrogens is 4. The van der Waals surface area contributed by atoms with Crippen molar-refractivity contribution < 1.29 is 23.8 Å². The minimum atomic E-state index is -1.07. The molecule has 0 aliphatic carbocycles. The summed E-state index contributed by atoms with van der Waals surface area (Å²) in [5, 5.41) is 0. The summed E-state index contributed by atoms with van der Waals surface area (Å²) < 4.78 is 17.7. The van der Waals surface area contributed by atoms with Crippen LogP contribution in [0.3, 0.4) is 0 Å². The van der Waals surface area contributed by atoms with E-state index >= 15 is 0 Å². The highest BCUT2D eigenvalue weighted by molar-refractivity contribution is 5.81. The van der Waals surface area contributed by atoms with Gasteiger partial charge in [0.25, 0.3) is 6.41 Å². The first-order chi connectivity index (χ1) is 12.8. The van der Waals surface area contributed by atoms with Crippen molar-refractivity contribution in [3.63, 3.8) is 0 Å². The zero-order chi connectivity index (χ0) is 20.0. The van der Waals surface area contributed by atoms with Gasteiger partial charge in [0, 0.05) is 6.42 Å². The number of fused-ring (bicyclic) bond motifs is 1. The van der Waals surface area contributed by atoms with Crippen molar-refractivity contribution in [3.8, 4) is 0 Å². The Bertz CT molecular complexity index is 789. The molecule has 2 aromatic heterocycles. The minimum Gasteiger partial charge on any atom is -0.465 e. The molecule has 0 aliphatic rings. The Morgan fingerprint density at radius 2 is 1.78 bits per heavy atom. The molecule has 27 heavy (non-hydrogen) atoms. The van der Waals surface area contributed by atoms with Crippen LogP contribution in [0.15, 0.2) is 12.7 Å². The average molecular weight is 379 g/mol. The summed E-state index contributed by atoms with van der Waals surface area (Å²) in [4.78, 5) is 35.7. The Morgan fingerprint density at radius 1 is 1.07 bits per heavy atom. The SMILES string of the molecule is CC(C)C(=O)OCCCOC(OC(=O)C(C)C)n1cnc2c(N)ncnc21. The zero-order valence-corrected chi connectivity index (χ0v) is 15.9. The molecule has 0 bridgehead atoms. The maximum absolute atomic E-state index is 12.0. The maximum atomic E-state index is 12.0. The van der Waals surface area contributed by atoms with Crippen molar-refractivity contribution >= 4 is 28.9 Å². The van der Waals surface area contributed by atoms with Gasteiger partial charge in [-0.25, -0.2) is 15.0 Å². The van der Waals surface area contributed by atoms with Gasteiger partial charge in [-0.15, -0.1) is 0 Å². The quantitative estimate of drug-likeness (QED) is 0.392. The van der Waals surface area contributed by atoms with Crippen molar-refractivity contribution in [3.05, 3.63) is 12.7 Å². The standard InChI is InChI=1S/C17H25N5O5/c1-10(2)15(23)25-6-5-7-26-17(27-16(24)11(3)4)22-9-21-12-13(18)19-8-20-14(12)22/h8-11,17H,5-7H2,1-4H3,(H2,18,19,20). The van der Waals surface area contributed by atoms with E-state index in [9.17, 15) is 9.59 Å². The van der Waals surface area contributed by atoms with Gasteiger partial charge in [0.1, 0.15) is 18.2 Å². The van der Waals surface area contributed by atoms with Crippen LogP contribution in [0.2, 0.25) is 0 Å². The van der Waals surface area contributed by atoms with Gasteiger partial charge in [0.2, 0.25) is 0 Å². The Balaban J connectivity index is 2.06. The number of carbonyl (C=O) groups excluding carboxylic acids is 2. The van der Waals surface area contributed by atoms with E-state index in [0.29, 0.717) is 17.6 Å². The van der Waals surface area contributed by atoms with E-state index in [-0.39, 0.29) is 36.8 Å². The lowest BCUT2D eigenvalue weighted by molar-refractivity contribution is -0.205. The third-order valence-corrected chi connectivity index (χ3v) is 3.57. The van der Waals surface area contributed by atoms with Crippen LogP contribution in [-0.4, -0.2) is 44.7 Å². The summed E-state index contributed by atoms with van der Waals surface area (Å²) >= 11 is 0. The molecule has 2 heterocycles. The predicted molar refractivity (Wildman–Crippen MR) is 96.1 cm³/mol. The lowest BCUT2D eigenvalue weighted by atomic mass is 10.2. The van der Waals surface area contributed by atoms with Crippen molar-refractivity contribution in [2.24, 2.45) is 11.8 Å². The topological polar surface area (TPSA) is 131 Å². The molecule has 0 spiro atoms.